The molecule has 1 heterocycles. The van der Waals surface area contributed by atoms with Gasteiger partial charge in [-0.1, -0.05) is 6.07 Å². The van der Waals surface area contributed by atoms with Gasteiger partial charge in [-0.15, -0.1) is 0 Å². The molecule has 0 aliphatic heterocycles. The summed E-state index contributed by atoms with van der Waals surface area (Å²) in [5, 5.41) is 13.2. The highest BCUT2D eigenvalue weighted by atomic mass is 19.1. The summed E-state index contributed by atoms with van der Waals surface area (Å²) in [6, 6.07) is 9.88. The fourth-order valence-corrected chi connectivity index (χ4v) is 3.58. The lowest BCUT2D eigenvalue weighted by Crippen LogP contribution is -2.21. The highest BCUT2D eigenvalue weighted by molar-refractivity contribution is 5.91. The van der Waals surface area contributed by atoms with Gasteiger partial charge in [0.1, 0.15) is 17.3 Å². The number of aromatic hydroxyl groups is 1. The summed E-state index contributed by atoms with van der Waals surface area (Å²) in [5.74, 6) is -1.13. The maximum absolute atomic E-state index is 13.5. The van der Waals surface area contributed by atoms with E-state index >= 15 is 0 Å². The van der Waals surface area contributed by atoms with Gasteiger partial charge in [-0.05, 0) is 42.8 Å². The SMILES string of the molecule is COc1cc([C@H](CC(=O)Nc2cccc(F)c2)c2c(O)cc(C)oc2=O)cc(OC)c1OC. The third-order valence-corrected chi connectivity index (χ3v) is 5.03. The number of halogens is 1. The van der Waals surface area contributed by atoms with Gasteiger partial charge in [0.15, 0.2) is 11.5 Å². The molecule has 0 saturated heterocycles. The first-order valence-corrected chi connectivity index (χ1v) is 9.96. The maximum Gasteiger partial charge on any atom is 0.343 e. The number of hydrogen-bond donors (Lipinski definition) is 2. The Balaban J connectivity index is 2.11. The highest BCUT2D eigenvalue weighted by Crippen LogP contribution is 2.43. The zero-order valence-electron chi connectivity index (χ0n) is 18.6. The minimum Gasteiger partial charge on any atom is -0.507 e. The van der Waals surface area contributed by atoms with E-state index in [-0.39, 0.29) is 29.2 Å². The van der Waals surface area contributed by atoms with Crippen LogP contribution in [0.5, 0.6) is 23.0 Å². The predicted molar refractivity (Wildman–Crippen MR) is 119 cm³/mol. The van der Waals surface area contributed by atoms with Crippen molar-refractivity contribution in [1.82, 2.24) is 0 Å². The Morgan fingerprint density at radius 1 is 1.09 bits per heavy atom. The van der Waals surface area contributed by atoms with E-state index in [0.717, 1.165) is 0 Å². The number of amides is 1. The van der Waals surface area contributed by atoms with Crippen LogP contribution in [0.2, 0.25) is 0 Å². The Labute approximate surface area is 189 Å². The maximum atomic E-state index is 13.5. The van der Waals surface area contributed by atoms with Crippen molar-refractivity contribution in [3.63, 3.8) is 0 Å². The fourth-order valence-electron chi connectivity index (χ4n) is 3.58. The van der Waals surface area contributed by atoms with Crippen molar-refractivity contribution in [2.24, 2.45) is 0 Å². The summed E-state index contributed by atoms with van der Waals surface area (Å²) in [5.41, 5.74) is -0.205. The second kappa shape index (κ2) is 10.1. The Kier molecular flexibility index (Phi) is 7.22. The first-order valence-electron chi connectivity index (χ1n) is 9.96. The first kappa shape index (κ1) is 23.6. The van der Waals surface area contributed by atoms with E-state index in [0.29, 0.717) is 22.8 Å². The highest BCUT2D eigenvalue weighted by Gasteiger charge is 2.28. The number of methoxy groups -OCH3 is 3. The topological polar surface area (TPSA) is 107 Å². The molecule has 33 heavy (non-hydrogen) atoms. The number of hydrogen-bond acceptors (Lipinski definition) is 7. The van der Waals surface area contributed by atoms with Crippen LogP contribution in [0, 0.1) is 12.7 Å². The van der Waals surface area contributed by atoms with Crippen LogP contribution in [0.3, 0.4) is 0 Å². The fraction of sp³-hybridized carbons (Fsp3) is 0.250. The van der Waals surface area contributed by atoms with Crippen molar-refractivity contribution in [1.29, 1.82) is 0 Å². The van der Waals surface area contributed by atoms with Crippen LogP contribution < -0.4 is 25.2 Å². The van der Waals surface area contributed by atoms with Gasteiger partial charge in [0, 0.05) is 24.1 Å². The van der Waals surface area contributed by atoms with Gasteiger partial charge in [-0.25, -0.2) is 9.18 Å². The van der Waals surface area contributed by atoms with Gasteiger partial charge in [0.25, 0.3) is 0 Å². The van der Waals surface area contributed by atoms with E-state index in [9.17, 15) is 19.1 Å². The summed E-state index contributed by atoms with van der Waals surface area (Å²) in [6.07, 6.45) is -0.267. The normalized spacial score (nSPS) is 11.5. The Hall–Kier alpha value is -4.01. The van der Waals surface area contributed by atoms with Crippen molar-refractivity contribution < 1.29 is 32.9 Å². The molecule has 1 amide bonds. The number of carbonyl (C=O) groups excluding carboxylic acids is 1. The molecule has 3 rings (SSSR count). The van der Waals surface area contributed by atoms with Crippen molar-refractivity contribution in [2.75, 3.05) is 26.6 Å². The molecule has 1 atom stereocenters. The second-order valence-corrected chi connectivity index (χ2v) is 7.22. The van der Waals surface area contributed by atoms with Gasteiger partial charge < -0.3 is 29.1 Å². The molecule has 0 radical (unpaired) electrons. The lowest BCUT2D eigenvalue weighted by molar-refractivity contribution is -0.116. The lowest BCUT2D eigenvalue weighted by atomic mass is 9.88. The van der Waals surface area contributed by atoms with Gasteiger partial charge in [-0.3, -0.25) is 4.79 Å². The largest absolute Gasteiger partial charge is 0.507 e. The lowest BCUT2D eigenvalue weighted by Gasteiger charge is -2.21. The second-order valence-electron chi connectivity index (χ2n) is 7.22. The van der Waals surface area contributed by atoms with Crippen molar-refractivity contribution in [3.8, 4) is 23.0 Å². The molecule has 9 heteroatoms. The number of anilines is 1. The number of benzene rings is 2. The zero-order valence-corrected chi connectivity index (χ0v) is 18.6. The van der Waals surface area contributed by atoms with E-state index in [4.69, 9.17) is 18.6 Å². The molecule has 0 unspecified atom stereocenters. The Morgan fingerprint density at radius 3 is 2.30 bits per heavy atom. The molecule has 0 bridgehead atoms. The quantitative estimate of drug-likeness (QED) is 0.527. The molecule has 174 valence electrons. The summed E-state index contributed by atoms with van der Waals surface area (Å²) in [7, 11) is 4.32. The number of ether oxygens (including phenoxy) is 3. The number of nitrogens with one attached hydrogen (secondary N) is 1. The Bertz CT molecular complexity index is 1200. The van der Waals surface area contributed by atoms with Gasteiger partial charge in [0.05, 0.1) is 26.9 Å². The van der Waals surface area contributed by atoms with Gasteiger partial charge >= 0.3 is 5.63 Å². The van der Waals surface area contributed by atoms with Crippen molar-refractivity contribution >= 4 is 11.6 Å². The molecule has 2 aromatic carbocycles. The number of aryl methyl sites for hydroxylation is 1. The molecule has 2 N–H and O–H groups in total. The van der Waals surface area contributed by atoms with Crippen LogP contribution in [0.1, 0.15) is 29.2 Å². The molecule has 0 fully saturated rings. The molecule has 3 aromatic rings. The van der Waals surface area contributed by atoms with Crippen LogP contribution in [0.25, 0.3) is 0 Å². The van der Waals surface area contributed by atoms with Crippen LogP contribution in [-0.4, -0.2) is 32.3 Å². The smallest absolute Gasteiger partial charge is 0.343 e. The third kappa shape index (κ3) is 5.25. The van der Waals surface area contributed by atoms with E-state index in [1.165, 1.54) is 58.6 Å². The van der Waals surface area contributed by atoms with Crippen molar-refractivity contribution in [2.45, 2.75) is 19.3 Å². The van der Waals surface area contributed by atoms with E-state index in [1.54, 1.807) is 12.1 Å². The number of rotatable bonds is 8. The van der Waals surface area contributed by atoms with Crippen LogP contribution in [-0.2, 0) is 4.79 Å². The predicted octanol–water partition coefficient (Wildman–Crippen LogP) is 3.98. The summed E-state index contributed by atoms with van der Waals surface area (Å²) < 4.78 is 34.8. The minimum absolute atomic E-state index is 0.107. The standard InChI is InChI=1S/C24H24FNO7/c1-13-8-18(27)22(24(29)33-13)17(12-21(28)26-16-7-5-6-15(25)11-16)14-9-19(30-2)23(32-4)20(10-14)31-3/h5-11,17,27H,12H2,1-4H3,(H,26,28)/t17-/m0/s1. The number of carbonyl (C=O) groups is 1. The van der Waals surface area contributed by atoms with E-state index in [1.807, 2.05) is 0 Å². The average molecular weight is 457 g/mol. The Morgan fingerprint density at radius 2 is 1.76 bits per heavy atom. The molecule has 0 spiro atoms. The van der Waals surface area contributed by atoms with E-state index in [2.05, 4.69) is 5.32 Å². The van der Waals surface area contributed by atoms with Crippen LogP contribution in [0.15, 0.2) is 51.7 Å². The molecule has 0 aliphatic carbocycles. The summed E-state index contributed by atoms with van der Waals surface area (Å²) >= 11 is 0. The molecular formula is C24H24FNO7. The van der Waals surface area contributed by atoms with Gasteiger partial charge in [0.2, 0.25) is 11.7 Å². The molecule has 0 aliphatic rings. The molecule has 8 nitrogen and oxygen atoms in total. The first-order chi connectivity index (χ1) is 15.8. The zero-order chi connectivity index (χ0) is 24.1. The van der Waals surface area contributed by atoms with Crippen LogP contribution in [0.4, 0.5) is 10.1 Å². The van der Waals surface area contributed by atoms with Gasteiger partial charge in [-0.2, -0.15) is 0 Å². The molecular weight excluding hydrogens is 433 g/mol. The van der Waals surface area contributed by atoms with Crippen LogP contribution >= 0.6 is 0 Å². The molecule has 1 aromatic heterocycles. The summed E-state index contributed by atoms with van der Waals surface area (Å²) in [4.78, 5) is 25.6. The average Bonchev–Trinajstić information content (AvgIpc) is 2.76. The van der Waals surface area contributed by atoms with Crippen molar-refractivity contribution in [3.05, 3.63) is 75.6 Å². The summed E-state index contributed by atoms with van der Waals surface area (Å²) in [6.45, 7) is 1.52. The monoisotopic (exact) mass is 457 g/mol. The van der Waals surface area contributed by atoms with E-state index < -0.39 is 23.3 Å². The molecule has 0 saturated carbocycles. The minimum atomic E-state index is -0.941. The third-order valence-electron chi connectivity index (χ3n) is 5.03.